The molecule has 0 fully saturated rings. The van der Waals surface area contributed by atoms with Gasteiger partial charge >= 0.3 is 0 Å². The minimum absolute atomic E-state index is 0.259. The number of ether oxygens (including phenoxy) is 2. The van der Waals surface area contributed by atoms with E-state index in [0.717, 1.165) is 16.7 Å². The first kappa shape index (κ1) is 20.9. The minimum atomic E-state index is -3.75. The van der Waals surface area contributed by atoms with Gasteiger partial charge in [0.15, 0.2) is 11.5 Å². The highest BCUT2D eigenvalue weighted by atomic mass is 79.9. The van der Waals surface area contributed by atoms with Crippen molar-refractivity contribution in [2.24, 2.45) is 0 Å². The van der Waals surface area contributed by atoms with Crippen molar-refractivity contribution in [2.75, 3.05) is 20.8 Å². The maximum absolute atomic E-state index is 13.7. The van der Waals surface area contributed by atoms with Crippen LogP contribution in [0.2, 0.25) is 0 Å². The molecule has 0 aromatic heterocycles. The third kappa shape index (κ3) is 3.62. The first-order chi connectivity index (χ1) is 14.5. The highest BCUT2D eigenvalue weighted by molar-refractivity contribution is 9.10. The van der Waals surface area contributed by atoms with Crippen molar-refractivity contribution in [3.05, 3.63) is 87.9 Å². The molecule has 3 aromatic rings. The molecule has 156 valence electrons. The molecule has 4 rings (SSSR count). The molecule has 0 bridgehead atoms. The van der Waals surface area contributed by atoms with Crippen LogP contribution in [-0.4, -0.2) is 33.5 Å². The molecule has 1 aliphatic heterocycles. The molecule has 5 nitrogen and oxygen atoms in total. The molecule has 0 aliphatic carbocycles. The molecule has 1 unspecified atom stereocenters. The van der Waals surface area contributed by atoms with Gasteiger partial charge in [0.1, 0.15) is 0 Å². The Kier molecular flexibility index (Phi) is 5.86. The number of nitrogens with zero attached hydrogens (tertiary/aromatic N) is 1. The molecular formula is C23H22BrNO4S. The summed E-state index contributed by atoms with van der Waals surface area (Å²) in [6.07, 6.45) is 0.586. The van der Waals surface area contributed by atoms with Gasteiger partial charge in [-0.2, -0.15) is 4.31 Å². The van der Waals surface area contributed by atoms with E-state index in [1.807, 2.05) is 42.5 Å². The highest BCUT2D eigenvalue weighted by Crippen LogP contribution is 2.43. The zero-order chi connectivity index (χ0) is 21.3. The predicted molar refractivity (Wildman–Crippen MR) is 120 cm³/mol. The summed E-state index contributed by atoms with van der Waals surface area (Å²) < 4.78 is 40.5. The number of hydrogen-bond acceptors (Lipinski definition) is 4. The fourth-order valence-electron chi connectivity index (χ4n) is 3.94. The van der Waals surface area contributed by atoms with E-state index >= 15 is 0 Å². The van der Waals surface area contributed by atoms with Crippen LogP contribution in [0, 0.1) is 0 Å². The van der Waals surface area contributed by atoms with Crippen molar-refractivity contribution in [1.29, 1.82) is 0 Å². The van der Waals surface area contributed by atoms with Gasteiger partial charge in [0.05, 0.1) is 25.2 Å². The molecule has 1 atom stereocenters. The van der Waals surface area contributed by atoms with E-state index in [0.29, 0.717) is 28.9 Å². The van der Waals surface area contributed by atoms with Crippen LogP contribution >= 0.6 is 15.9 Å². The van der Waals surface area contributed by atoms with Crippen molar-refractivity contribution >= 4 is 26.0 Å². The van der Waals surface area contributed by atoms with Gasteiger partial charge in [0.2, 0.25) is 10.0 Å². The van der Waals surface area contributed by atoms with E-state index < -0.39 is 16.1 Å². The monoisotopic (exact) mass is 487 g/mol. The van der Waals surface area contributed by atoms with Crippen LogP contribution in [0.1, 0.15) is 22.7 Å². The summed E-state index contributed by atoms with van der Waals surface area (Å²) in [7, 11) is -0.567. The Bertz CT molecular complexity index is 1170. The lowest BCUT2D eigenvalue weighted by molar-refractivity contribution is 0.332. The maximum Gasteiger partial charge on any atom is 0.245 e. The van der Waals surface area contributed by atoms with Crippen LogP contribution in [0.5, 0.6) is 11.5 Å². The molecule has 1 heterocycles. The van der Waals surface area contributed by atoms with Gasteiger partial charge < -0.3 is 9.47 Å². The Morgan fingerprint density at radius 2 is 1.57 bits per heavy atom. The van der Waals surface area contributed by atoms with Crippen LogP contribution in [-0.2, 0) is 16.4 Å². The fourth-order valence-corrected chi connectivity index (χ4v) is 6.50. The van der Waals surface area contributed by atoms with Crippen molar-refractivity contribution < 1.29 is 17.9 Å². The molecule has 0 amide bonds. The molecule has 30 heavy (non-hydrogen) atoms. The van der Waals surface area contributed by atoms with Crippen LogP contribution in [0.4, 0.5) is 0 Å². The van der Waals surface area contributed by atoms with Gasteiger partial charge in [-0.15, -0.1) is 0 Å². The maximum atomic E-state index is 13.7. The smallest absolute Gasteiger partial charge is 0.245 e. The van der Waals surface area contributed by atoms with Crippen LogP contribution in [0.15, 0.2) is 76.1 Å². The van der Waals surface area contributed by atoms with Gasteiger partial charge in [-0.25, -0.2) is 8.42 Å². The van der Waals surface area contributed by atoms with Crippen molar-refractivity contribution in [3.8, 4) is 11.5 Å². The lowest BCUT2D eigenvalue weighted by atomic mass is 9.89. The first-order valence-electron chi connectivity index (χ1n) is 9.53. The second-order valence-electron chi connectivity index (χ2n) is 7.02. The lowest BCUT2D eigenvalue weighted by Gasteiger charge is -2.37. The minimum Gasteiger partial charge on any atom is -0.493 e. The molecule has 0 saturated heterocycles. The van der Waals surface area contributed by atoms with Gasteiger partial charge in [-0.1, -0.05) is 42.5 Å². The Balaban J connectivity index is 1.92. The molecule has 1 aliphatic rings. The van der Waals surface area contributed by atoms with E-state index in [-0.39, 0.29) is 4.90 Å². The van der Waals surface area contributed by atoms with Gasteiger partial charge in [0, 0.05) is 11.0 Å². The fraction of sp³-hybridized carbons (Fsp3) is 0.217. The van der Waals surface area contributed by atoms with Crippen molar-refractivity contribution in [1.82, 2.24) is 4.31 Å². The summed E-state index contributed by atoms with van der Waals surface area (Å²) >= 11 is 3.41. The van der Waals surface area contributed by atoms with E-state index in [1.54, 1.807) is 42.8 Å². The Labute approximate surface area is 185 Å². The summed E-state index contributed by atoms with van der Waals surface area (Å²) in [5.74, 6) is 1.22. The Hall–Kier alpha value is -2.35. The number of sulfonamides is 1. The zero-order valence-corrected chi connectivity index (χ0v) is 19.1. The lowest BCUT2D eigenvalue weighted by Crippen LogP contribution is -2.40. The highest BCUT2D eigenvalue weighted by Gasteiger charge is 2.38. The number of fused-ring (bicyclic) bond motifs is 1. The number of rotatable bonds is 5. The summed E-state index contributed by atoms with van der Waals surface area (Å²) in [5.41, 5.74) is 2.86. The van der Waals surface area contributed by atoms with Gasteiger partial charge in [-0.3, -0.25) is 0 Å². The topological polar surface area (TPSA) is 55.8 Å². The molecule has 0 spiro atoms. The quantitative estimate of drug-likeness (QED) is 0.518. The normalized spacial score (nSPS) is 16.7. The van der Waals surface area contributed by atoms with E-state index in [2.05, 4.69) is 15.9 Å². The molecule has 7 heteroatoms. The summed E-state index contributed by atoms with van der Waals surface area (Å²) in [5, 5.41) is 0. The molecular weight excluding hydrogens is 466 g/mol. The van der Waals surface area contributed by atoms with Crippen LogP contribution in [0.25, 0.3) is 0 Å². The second kappa shape index (κ2) is 8.41. The average Bonchev–Trinajstić information content (AvgIpc) is 2.77. The van der Waals surface area contributed by atoms with Crippen molar-refractivity contribution in [2.45, 2.75) is 17.4 Å². The van der Waals surface area contributed by atoms with E-state index in [9.17, 15) is 8.42 Å². The molecule has 0 radical (unpaired) electrons. The Morgan fingerprint density at radius 1 is 0.933 bits per heavy atom. The summed E-state index contributed by atoms with van der Waals surface area (Å²) in [6.45, 7) is 0.367. The van der Waals surface area contributed by atoms with Gasteiger partial charge in [-0.05, 0) is 63.3 Å². The second-order valence-corrected chi connectivity index (χ2v) is 9.73. The average molecular weight is 488 g/mol. The van der Waals surface area contributed by atoms with Crippen LogP contribution in [0.3, 0.4) is 0 Å². The third-order valence-corrected chi connectivity index (χ3v) is 8.24. The molecule has 3 aromatic carbocycles. The number of methoxy groups -OCH3 is 2. The number of benzene rings is 3. The zero-order valence-electron chi connectivity index (χ0n) is 16.7. The summed E-state index contributed by atoms with van der Waals surface area (Å²) in [4.78, 5) is 0.259. The number of halogens is 1. The SMILES string of the molecule is COc1cc2c(cc1OC)C(c1ccccc1)N(S(=O)(=O)c1ccccc1Br)CC2. The number of hydrogen-bond donors (Lipinski definition) is 0. The van der Waals surface area contributed by atoms with E-state index in [4.69, 9.17) is 9.47 Å². The first-order valence-corrected chi connectivity index (χ1v) is 11.8. The Morgan fingerprint density at radius 3 is 2.23 bits per heavy atom. The van der Waals surface area contributed by atoms with Crippen LogP contribution < -0.4 is 9.47 Å². The molecule has 0 saturated carbocycles. The van der Waals surface area contributed by atoms with E-state index in [1.165, 1.54) is 0 Å². The predicted octanol–water partition coefficient (Wildman–Crippen LogP) is 4.80. The third-order valence-electron chi connectivity index (χ3n) is 5.37. The largest absolute Gasteiger partial charge is 0.493 e. The standard InChI is InChI=1S/C23H22BrNO4S/c1-28-20-14-17-12-13-25(30(26,27)22-11-7-6-10-19(22)24)23(16-8-4-3-5-9-16)18(17)15-21(20)29-2/h3-11,14-15,23H,12-13H2,1-2H3. The van der Waals surface area contributed by atoms with Crippen molar-refractivity contribution in [3.63, 3.8) is 0 Å². The summed E-state index contributed by atoms with van der Waals surface area (Å²) in [6, 6.07) is 20.0. The van der Waals surface area contributed by atoms with Gasteiger partial charge in [0.25, 0.3) is 0 Å². The molecule has 0 N–H and O–H groups in total.